The Kier molecular flexibility index (Phi) is 8.62. The van der Waals surface area contributed by atoms with E-state index in [2.05, 4.69) is 43.3 Å². The van der Waals surface area contributed by atoms with E-state index in [0.717, 1.165) is 50.9 Å². The topological polar surface area (TPSA) is 66.7 Å². The number of aliphatic imine (C=N–C) groups is 1. The molecule has 1 aromatic rings. The number of morpholine rings is 1. The molecule has 2 fully saturated rings. The highest BCUT2D eigenvalue weighted by atomic mass is 127. The van der Waals surface area contributed by atoms with Crippen LogP contribution in [0.25, 0.3) is 0 Å². The van der Waals surface area contributed by atoms with Gasteiger partial charge in [0.2, 0.25) is 0 Å². The number of rotatable bonds is 6. The first-order valence-electron chi connectivity index (χ1n) is 9.47. The lowest BCUT2D eigenvalue weighted by Gasteiger charge is -2.35. The van der Waals surface area contributed by atoms with Gasteiger partial charge in [-0.05, 0) is 45.7 Å². The molecule has 8 heteroatoms. The lowest BCUT2D eigenvalue weighted by atomic mass is 10.2. The van der Waals surface area contributed by atoms with Gasteiger partial charge in [-0.25, -0.2) is 0 Å². The number of ether oxygens (including phenoxy) is 1. The lowest BCUT2D eigenvalue weighted by Crippen LogP contribution is -2.51. The summed E-state index contributed by atoms with van der Waals surface area (Å²) in [5.41, 5.74) is 2.30. The van der Waals surface area contributed by atoms with Crippen LogP contribution in [0.1, 0.15) is 30.7 Å². The fourth-order valence-electron chi connectivity index (χ4n) is 3.78. The Bertz CT molecular complexity index is 590. The van der Waals surface area contributed by atoms with E-state index in [0.29, 0.717) is 6.04 Å². The summed E-state index contributed by atoms with van der Waals surface area (Å²) in [5, 5.41) is 11.3. The molecule has 2 atom stereocenters. The van der Waals surface area contributed by atoms with Crippen LogP contribution in [0.15, 0.2) is 11.1 Å². The average molecular weight is 476 g/mol. The first-order valence-corrected chi connectivity index (χ1v) is 9.47. The maximum absolute atomic E-state index is 5.99. The zero-order valence-corrected chi connectivity index (χ0v) is 18.5. The fourth-order valence-corrected chi connectivity index (χ4v) is 3.78. The number of nitrogens with one attached hydrogen (secondary N) is 2. The Morgan fingerprint density at radius 3 is 2.96 bits per heavy atom. The van der Waals surface area contributed by atoms with Gasteiger partial charge in [0.25, 0.3) is 0 Å². The Labute approximate surface area is 174 Å². The van der Waals surface area contributed by atoms with Crippen molar-refractivity contribution < 1.29 is 4.74 Å². The number of hydrogen-bond donors (Lipinski definition) is 2. The van der Waals surface area contributed by atoms with Crippen molar-refractivity contribution in [3.05, 3.63) is 17.5 Å². The summed E-state index contributed by atoms with van der Waals surface area (Å²) in [7, 11) is 1.81. The molecule has 3 heterocycles. The normalized spacial score (nSPS) is 23.4. The molecule has 26 heavy (non-hydrogen) atoms. The molecule has 7 nitrogen and oxygen atoms in total. The van der Waals surface area contributed by atoms with E-state index in [1.807, 2.05) is 14.0 Å². The number of nitrogens with zero attached hydrogens (tertiary/aromatic N) is 4. The van der Waals surface area contributed by atoms with Crippen molar-refractivity contribution >= 4 is 29.9 Å². The van der Waals surface area contributed by atoms with E-state index in [9.17, 15) is 0 Å². The maximum Gasteiger partial charge on any atom is 0.191 e. The number of fused-ring (bicyclic) bond motifs is 1. The molecule has 0 amide bonds. The molecule has 2 unspecified atom stereocenters. The minimum Gasteiger partial charge on any atom is -0.373 e. The maximum atomic E-state index is 5.99. The molecule has 2 saturated heterocycles. The Morgan fingerprint density at radius 2 is 2.23 bits per heavy atom. The summed E-state index contributed by atoms with van der Waals surface area (Å²) in [5.74, 6) is 0.848. The van der Waals surface area contributed by atoms with Gasteiger partial charge in [0.15, 0.2) is 5.96 Å². The van der Waals surface area contributed by atoms with Crippen molar-refractivity contribution in [2.45, 2.75) is 51.8 Å². The molecule has 0 saturated carbocycles. The third-order valence-electron chi connectivity index (χ3n) is 5.12. The van der Waals surface area contributed by atoms with Gasteiger partial charge in [-0.2, -0.15) is 5.10 Å². The number of aryl methyl sites for hydroxylation is 3. The summed E-state index contributed by atoms with van der Waals surface area (Å²) >= 11 is 0. The van der Waals surface area contributed by atoms with Gasteiger partial charge in [0.1, 0.15) is 0 Å². The molecule has 0 spiro atoms. The summed E-state index contributed by atoms with van der Waals surface area (Å²) < 4.78 is 8.05. The highest BCUT2D eigenvalue weighted by molar-refractivity contribution is 14.0. The van der Waals surface area contributed by atoms with Gasteiger partial charge in [-0.15, -0.1) is 24.0 Å². The summed E-state index contributed by atoms with van der Waals surface area (Å²) in [6.07, 6.45) is 3.87. The number of halogens is 1. The van der Waals surface area contributed by atoms with Crippen LogP contribution >= 0.6 is 24.0 Å². The van der Waals surface area contributed by atoms with E-state index in [1.54, 1.807) is 0 Å². The third-order valence-corrected chi connectivity index (χ3v) is 5.12. The molecule has 0 radical (unpaired) electrons. The molecule has 0 aliphatic carbocycles. The van der Waals surface area contributed by atoms with Gasteiger partial charge in [-0.1, -0.05) is 0 Å². The molecule has 3 rings (SSSR count). The summed E-state index contributed by atoms with van der Waals surface area (Å²) in [6, 6.07) is 2.77. The number of hydrogen-bond acceptors (Lipinski definition) is 4. The third kappa shape index (κ3) is 5.82. The van der Waals surface area contributed by atoms with Crippen molar-refractivity contribution in [3.8, 4) is 0 Å². The Balaban J connectivity index is 0.00000243. The van der Waals surface area contributed by atoms with Crippen LogP contribution in [0, 0.1) is 13.8 Å². The van der Waals surface area contributed by atoms with Gasteiger partial charge >= 0.3 is 0 Å². The average Bonchev–Trinajstić information content (AvgIpc) is 3.19. The second-order valence-electron chi connectivity index (χ2n) is 7.13. The first kappa shape index (κ1) is 21.4. The molecule has 148 valence electrons. The van der Waals surface area contributed by atoms with Gasteiger partial charge in [0, 0.05) is 45.0 Å². The van der Waals surface area contributed by atoms with Crippen LogP contribution in [-0.4, -0.2) is 72.6 Å². The minimum atomic E-state index is 0. The zero-order valence-electron chi connectivity index (χ0n) is 16.2. The number of aromatic nitrogens is 2. The van der Waals surface area contributed by atoms with Crippen LogP contribution in [0.2, 0.25) is 0 Å². The zero-order chi connectivity index (χ0) is 17.6. The quantitative estimate of drug-likeness (QED) is 0.282. The second kappa shape index (κ2) is 10.5. The van der Waals surface area contributed by atoms with Crippen LogP contribution in [0.4, 0.5) is 0 Å². The van der Waals surface area contributed by atoms with E-state index in [-0.39, 0.29) is 30.1 Å². The van der Waals surface area contributed by atoms with Crippen molar-refractivity contribution in [1.82, 2.24) is 25.3 Å². The number of guanidine groups is 1. The summed E-state index contributed by atoms with van der Waals surface area (Å²) in [6.45, 7) is 9.87. The first-order chi connectivity index (χ1) is 12.2. The second-order valence-corrected chi connectivity index (χ2v) is 7.13. The SMILES string of the molecule is CN=C(NCCCn1nc(C)cc1C)NCC1CN2CCCC2CO1.I. The predicted octanol–water partition coefficient (Wildman–Crippen LogP) is 1.54. The highest BCUT2D eigenvalue weighted by Gasteiger charge is 2.32. The van der Waals surface area contributed by atoms with Crippen LogP contribution < -0.4 is 10.6 Å². The molecular weight excluding hydrogens is 443 g/mol. The van der Waals surface area contributed by atoms with Crippen LogP contribution in [-0.2, 0) is 11.3 Å². The molecule has 0 bridgehead atoms. The molecule has 1 aromatic heterocycles. The molecule has 2 N–H and O–H groups in total. The largest absolute Gasteiger partial charge is 0.373 e. The van der Waals surface area contributed by atoms with E-state index < -0.39 is 0 Å². The van der Waals surface area contributed by atoms with Gasteiger partial charge in [0.05, 0.1) is 18.4 Å². The van der Waals surface area contributed by atoms with Gasteiger partial charge in [-0.3, -0.25) is 14.6 Å². The minimum absolute atomic E-state index is 0. The highest BCUT2D eigenvalue weighted by Crippen LogP contribution is 2.22. The predicted molar refractivity (Wildman–Crippen MR) is 115 cm³/mol. The molecule has 2 aliphatic heterocycles. The molecule has 0 aromatic carbocycles. The van der Waals surface area contributed by atoms with Crippen LogP contribution in [0.5, 0.6) is 0 Å². The van der Waals surface area contributed by atoms with E-state index in [4.69, 9.17) is 4.74 Å². The lowest BCUT2D eigenvalue weighted by molar-refractivity contribution is -0.0453. The summed E-state index contributed by atoms with van der Waals surface area (Å²) in [4.78, 5) is 6.88. The fraction of sp³-hybridized carbons (Fsp3) is 0.778. The Morgan fingerprint density at radius 1 is 1.38 bits per heavy atom. The monoisotopic (exact) mass is 476 g/mol. The van der Waals surface area contributed by atoms with Gasteiger partial charge < -0.3 is 15.4 Å². The van der Waals surface area contributed by atoms with E-state index in [1.165, 1.54) is 25.1 Å². The van der Waals surface area contributed by atoms with Crippen molar-refractivity contribution in [2.75, 3.05) is 39.8 Å². The Hall–Kier alpha value is -0.870. The van der Waals surface area contributed by atoms with Crippen molar-refractivity contribution in [1.29, 1.82) is 0 Å². The van der Waals surface area contributed by atoms with E-state index >= 15 is 0 Å². The van der Waals surface area contributed by atoms with Crippen LogP contribution in [0.3, 0.4) is 0 Å². The van der Waals surface area contributed by atoms with Crippen molar-refractivity contribution in [3.63, 3.8) is 0 Å². The molecule has 2 aliphatic rings. The smallest absolute Gasteiger partial charge is 0.191 e. The van der Waals surface area contributed by atoms with Crippen molar-refractivity contribution in [2.24, 2.45) is 4.99 Å². The standard InChI is InChI=1S/C18H32N6O.HI/c1-14-10-15(2)24(22-14)9-5-7-20-18(19-3)21-11-17-12-23-8-4-6-16(23)13-25-17;/h10,16-17H,4-9,11-13H2,1-3H3,(H2,19,20,21);1H. The molecular formula is C18H33IN6O.